The number of aromatic amines is 1. The van der Waals surface area contributed by atoms with E-state index in [0.717, 1.165) is 40.3 Å². The lowest BCUT2D eigenvalue weighted by atomic mass is 10.2. The van der Waals surface area contributed by atoms with Crippen LogP contribution in [-0.2, 0) is 6.42 Å². The number of likely N-dealkylation sites (N-methyl/N-ethyl adjacent to an activating group) is 1. The summed E-state index contributed by atoms with van der Waals surface area (Å²) in [6.07, 6.45) is 2.76. The van der Waals surface area contributed by atoms with Gasteiger partial charge in [-0.15, -0.1) is 0 Å². The number of H-pyrrole nitrogens is 1. The Morgan fingerprint density at radius 2 is 2.28 bits per heavy atom. The Morgan fingerprint density at radius 1 is 1.44 bits per heavy atom. The van der Waals surface area contributed by atoms with Crippen LogP contribution < -0.4 is 10.1 Å². The third kappa shape index (κ3) is 2.91. The van der Waals surface area contributed by atoms with Crippen molar-refractivity contribution >= 4 is 15.9 Å². The van der Waals surface area contributed by atoms with E-state index in [-0.39, 0.29) is 0 Å². The molecule has 0 amide bonds. The molecule has 1 aromatic heterocycles. The highest BCUT2D eigenvalue weighted by Crippen LogP contribution is 2.29. The largest absolute Gasteiger partial charge is 0.496 e. The molecular weight excluding hydrogens is 294 g/mol. The quantitative estimate of drug-likeness (QED) is 0.892. The van der Waals surface area contributed by atoms with Crippen molar-refractivity contribution in [2.45, 2.75) is 6.42 Å². The van der Waals surface area contributed by atoms with Crippen molar-refractivity contribution in [2.24, 2.45) is 0 Å². The molecule has 0 saturated carbocycles. The molecule has 0 aliphatic heterocycles. The van der Waals surface area contributed by atoms with Gasteiger partial charge in [0.05, 0.1) is 23.5 Å². The predicted octanol–water partition coefficient (Wildman–Crippen LogP) is 2.61. The highest BCUT2D eigenvalue weighted by molar-refractivity contribution is 9.10. The summed E-state index contributed by atoms with van der Waals surface area (Å²) < 4.78 is 6.15. The van der Waals surface area contributed by atoms with Crippen molar-refractivity contribution in [2.75, 3.05) is 20.7 Å². The van der Waals surface area contributed by atoms with Gasteiger partial charge in [-0.2, -0.15) is 0 Å². The second-order valence-electron chi connectivity index (χ2n) is 3.95. The van der Waals surface area contributed by atoms with Crippen molar-refractivity contribution < 1.29 is 4.74 Å². The number of imidazole rings is 1. The molecule has 4 nitrogen and oxygen atoms in total. The van der Waals surface area contributed by atoms with E-state index in [1.54, 1.807) is 7.11 Å². The standard InChI is InChI=1S/C13H16BrN3O/c1-15-6-5-13-16-8-11(17-13)9-3-4-12(18-2)10(14)7-9/h3-4,7-8,15H,5-6H2,1-2H3,(H,16,17). The molecule has 96 valence electrons. The molecule has 0 spiro atoms. The minimum absolute atomic E-state index is 0.827. The summed E-state index contributed by atoms with van der Waals surface area (Å²) in [6, 6.07) is 5.97. The van der Waals surface area contributed by atoms with E-state index in [2.05, 4.69) is 31.2 Å². The fourth-order valence-corrected chi connectivity index (χ4v) is 2.25. The Labute approximate surface area is 115 Å². The molecule has 0 saturated heterocycles. The molecule has 1 aromatic carbocycles. The van der Waals surface area contributed by atoms with Crippen molar-refractivity contribution in [3.63, 3.8) is 0 Å². The number of halogens is 1. The van der Waals surface area contributed by atoms with E-state index in [1.807, 2.05) is 31.4 Å². The molecule has 18 heavy (non-hydrogen) atoms. The Bertz CT molecular complexity index is 525. The first-order chi connectivity index (χ1) is 8.74. The Morgan fingerprint density at radius 3 is 2.94 bits per heavy atom. The second-order valence-corrected chi connectivity index (χ2v) is 4.80. The molecule has 2 rings (SSSR count). The molecule has 5 heteroatoms. The highest BCUT2D eigenvalue weighted by Gasteiger charge is 2.06. The number of methoxy groups -OCH3 is 1. The van der Waals surface area contributed by atoms with Gasteiger partial charge in [0.2, 0.25) is 0 Å². The van der Waals surface area contributed by atoms with E-state index in [9.17, 15) is 0 Å². The van der Waals surface area contributed by atoms with Gasteiger partial charge in [-0.1, -0.05) is 0 Å². The summed E-state index contributed by atoms with van der Waals surface area (Å²) >= 11 is 3.48. The van der Waals surface area contributed by atoms with Crippen LogP contribution in [0, 0.1) is 0 Å². The molecular formula is C13H16BrN3O. The first-order valence-corrected chi connectivity index (χ1v) is 6.56. The van der Waals surface area contributed by atoms with E-state index in [0.29, 0.717) is 0 Å². The van der Waals surface area contributed by atoms with Gasteiger partial charge in [0.25, 0.3) is 0 Å². The van der Waals surface area contributed by atoms with Gasteiger partial charge in [-0.3, -0.25) is 0 Å². The average Bonchev–Trinajstić information content (AvgIpc) is 2.85. The fourth-order valence-electron chi connectivity index (χ4n) is 1.71. The van der Waals surface area contributed by atoms with E-state index in [1.165, 1.54) is 0 Å². The number of hydrogen-bond acceptors (Lipinski definition) is 3. The highest BCUT2D eigenvalue weighted by atomic mass is 79.9. The van der Waals surface area contributed by atoms with Crippen LogP contribution in [-0.4, -0.2) is 30.7 Å². The molecule has 2 aromatic rings. The van der Waals surface area contributed by atoms with Crippen LogP contribution in [0.2, 0.25) is 0 Å². The Balaban J connectivity index is 2.20. The lowest BCUT2D eigenvalue weighted by Gasteiger charge is -2.04. The molecule has 0 aliphatic rings. The van der Waals surface area contributed by atoms with Crippen molar-refractivity contribution in [3.8, 4) is 17.0 Å². The summed E-state index contributed by atoms with van der Waals surface area (Å²) in [5, 5.41) is 3.11. The molecule has 0 unspecified atom stereocenters. The Kier molecular flexibility index (Phi) is 4.38. The van der Waals surface area contributed by atoms with Crippen molar-refractivity contribution in [1.29, 1.82) is 0 Å². The molecule has 2 N–H and O–H groups in total. The van der Waals surface area contributed by atoms with Gasteiger partial charge in [0.1, 0.15) is 11.6 Å². The number of hydrogen-bond donors (Lipinski definition) is 2. The average molecular weight is 310 g/mol. The third-order valence-electron chi connectivity index (χ3n) is 2.70. The normalized spacial score (nSPS) is 10.6. The van der Waals surface area contributed by atoms with Gasteiger partial charge >= 0.3 is 0 Å². The molecule has 0 fully saturated rings. The molecule has 0 radical (unpaired) electrons. The summed E-state index contributed by atoms with van der Waals surface area (Å²) in [7, 11) is 3.59. The number of nitrogens with one attached hydrogen (secondary N) is 2. The number of ether oxygens (including phenoxy) is 1. The van der Waals surface area contributed by atoms with Crippen LogP contribution in [0.1, 0.15) is 5.82 Å². The number of rotatable bonds is 5. The summed E-state index contributed by atoms with van der Waals surface area (Å²) in [5.74, 6) is 1.82. The lowest BCUT2D eigenvalue weighted by molar-refractivity contribution is 0.412. The van der Waals surface area contributed by atoms with Gasteiger partial charge < -0.3 is 15.0 Å². The molecule has 0 aliphatic carbocycles. The summed E-state index contributed by atoms with van der Waals surface area (Å²) in [4.78, 5) is 7.68. The minimum Gasteiger partial charge on any atom is -0.496 e. The van der Waals surface area contributed by atoms with E-state index in [4.69, 9.17) is 4.74 Å². The second kappa shape index (κ2) is 6.02. The predicted molar refractivity (Wildman–Crippen MR) is 75.9 cm³/mol. The van der Waals surface area contributed by atoms with E-state index >= 15 is 0 Å². The van der Waals surface area contributed by atoms with Crippen molar-refractivity contribution in [1.82, 2.24) is 15.3 Å². The maximum absolute atomic E-state index is 5.21. The molecule has 1 heterocycles. The fraction of sp³-hybridized carbons (Fsp3) is 0.308. The van der Waals surface area contributed by atoms with Crippen LogP contribution in [0.5, 0.6) is 5.75 Å². The van der Waals surface area contributed by atoms with Crippen LogP contribution in [0.15, 0.2) is 28.9 Å². The Hall–Kier alpha value is -1.33. The molecule has 0 atom stereocenters. The smallest absolute Gasteiger partial charge is 0.133 e. The number of aromatic nitrogens is 2. The van der Waals surface area contributed by atoms with Gasteiger partial charge in [0, 0.05) is 18.5 Å². The zero-order valence-electron chi connectivity index (χ0n) is 10.5. The monoisotopic (exact) mass is 309 g/mol. The summed E-state index contributed by atoms with van der Waals surface area (Å²) in [6.45, 7) is 0.916. The van der Waals surface area contributed by atoms with Gasteiger partial charge in [-0.25, -0.2) is 4.98 Å². The maximum Gasteiger partial charge on any atom is 0.133 e. The maximum atomic E-state index is 5.21. The number of nitrogens with zero attached hydrogens (tertiary/aromatic N) is 1. The van der Waals surface area contributed by atoms with Crippen LogP contribution in [0.4, 0.5) is 0 Å². The van der Waals surface area contributed by atoms with Gasteiger partial charge in [-0.05, 0) is 41.2 Å². The SMILES string of the molecule is CNCCc1ncc(-c2ccc(OC)c(Br)c2)[nH]1. The first kappa shape index (κ1) is 13.1. The van der Waals surface area contributed by atoms with Gasteiger partial charge in [0.15, 0.2) is 0 Å². The number of benzene rings is 1. The third-order valence-corrected chi connectivity index (χ3v) is 3.32. The topological polar surface area (TPSA) is 49.9 Å². The van der Waals surface area contributed by atoms with Crippen LogP contribution in [0.25, 0.3) is 11.3 Å². The van der Waals surface area contributed by atoms with E-state index < -0.39 is 0 Å². The van der Waals surface area contributed by atoms with Crippen LogP contribution >= 0.6 is 15.9 Å². The summed E-state index contributed by atoms with van der Waals surface area (Å²) in [5.41, 5.74) is 2.11. The minimum atomic E-state index is 0.827. The zero-order chi connectivity index (χ0) is 13.0. The first-order valence-electron chi connectivity index (χ1n) is 5.77. The van der Waals surface area contributed by atoms with Crippen molar-refractivity contribution in [3.05, 3.63) is 34.7 Å². The van der Waals surface area contributed by atoms with Crippen LogP contribution in [0.3, 0.4) is 0 Å². The molecule has 0 bridgehead atoms. The zero-order valence-corrected chi connectivity index (χ0v) is 12.0. The lowest BCUT2D eigenvalue weighted by Crippen LogP contribution is -2.10.